The fourth-order valence-corrected chi connectivity index (χ4v) is 0.789. The largest absolute Gasteiger partial charge is 0.303 e. The maximum Gasteiger partial charge on any atom is 0.303 e. The lowest BCUT2D eigenvalue weighted by atomic mass is 9.92. The predicted molar refractivity (Wildman–Crippen MR) is 32.5 cm³/mol. The van der Waals surface area contributed by atoms with Gasteiger partial charge in [-0.05, 0) is 11.6 Å². The molecule has 0 spiro atoms. The van der Waals surface area contributed by atoms with E-state index in [1.165, 1.54) is 6.29 Å². The molecule has 1 radical (unpaired) electrons. The van der Waals surface area contributed by atoms with Crippen LogP contribution in [0.4, 0.5) is 13.2 Å². The van der Waals surface area contributed by atoms with Crippen molar-refractivity contribution < 1.29 is 18.0 Å². The van der Waals surface area contributed by atoms with Gasteiger partial charge in [-0.15, -0.1) is 0 Å². The third kappa shape index (κ3) is 1.34. The molecule has 1 aliphatic rings. The number of carbonyl (C=O) groups excluding carboxylic acids is 1. The molecule has 0 bridgehead atoms. The van der Waals surface area contributed by atoms with E-state index in [1.807, 2.05) is 0 Å². The number of halogens is 3. The van der Waals surface area contributed by atoms with Crippen LogP contribution in [0.1, 0.15) is 6.42 Å². The summed E-state index contributed by atoms with van der Waals surface area (Å²) in [5, 5.41) is 0. The van der Waals surface area contributed by atoms with Crippen molar-refractivity contribution in [1.29, 1.82) is 0 Å². The van der Waals surface area contributed by atoms with Gasteiger partial charge in [0.2, 0.25) is 6.29 Å². The highest BCUT2D eigenvalue weighted by Crippen LogP contribution is 2.44. The molecule has 0 aromatic heterocycles. The molecule has 1 nitrogen and oxygen atoms in total. The van der Waals surface area contributed by atoms with Crippen LogP contribution in [0.3, 0.4) is 0 Å². The Morgan fingerprint density at radius 2 is 2.18 bits per heavy atom. The monoisotopic (exact) mass is 161 g/mol. The van der Waals surface area contributed by atoms with E-state index in [0.717, 1.165) is 12.2 Å². The van der Waals surface area contributed by atoms with Crippen molar-refractivity contribution in [2.24, 2.45) is 0 Å². The van der Waals surface area contributed by atoms with Crippen molar-refractivity contribution in [2.45, 2.75) is 12.3 Å². The average Bonchev–Trinajstić information content (AvgIpc) is 1.97. The summed E-state index contributed by atoms with van der Waals surface area (Å²) in [7, 11) is 0. The van der Waals surface area contributed by atoms with Gasteiger partial charge in [-0.25, -0.2) is 4.39 Å². The van der Waals surface area contributed by atoms with Gasteiger partial charge in [-0.3, -0.25) is 4.79 Å². The molecule has 0 saturated carbocycles. The van der Waals surface area contributed by atoms with Crippen molar-refractivity contribution in [3.05, 3.63) is 23.6 Å². The summed E-state index contributed by atoms with van der Waals surface area (Å²) in [5.41, 5.74) is -0.127. The fourth-order valence-electron chi connectivity index (χ4n) is 0.789. The van der Waals surface area contributed by atoms with Crippen molar-refractivity contribution in [3.63, 3.8) is 0 Å². The third-order valence-corrected chi connectivity index (χ3v) is 1.37. The van der Waals surface area contributed by atoms with E-state index in [2.05, 4.69) is 0 Å². The Hall–Kier alpha value is -1.06. The molecule has 11 heavy (non-hydrogen) atoms. The summed E-state index contributed by atoms with van der Waals surface area (Å²) >= 11 is 0. The van der Waals surface area contributed by atoms with Gasteiger partial charge in [-0.2, -0.15) is 8.78 Å². The Morgan fingerprint density at radius 1 is 1.55 bits per heavy atom. The molecular weight excluding hydrogens is 157 g/mol. The third-order valence-electron chi connectivity index (χ3n) is 1.37. The maximum atomic E-state index is 12.2. The predicted octanol–water partition coefficient (Wildman–Crippen LogP) is 1.91. The smallest absolute Gasteiger partial charge is 0.286 e. The zero-order valence-electron chi connectivity index (χ0n) is 5.40. The van der Waals surface area contributed by atoms with Gasteiger partial charge >= 0.3 is 5.92 Å². The first-order chi connectivity index (χ1) is 5.08. The quantitative estimate of drug-likeness (QED) is 0.565. The Labute approximate surface area is 61.2 Å². The summed E-state index contributed by atoms with van der Waals surface area (Å²) < 4.78 is 36.3. The molecule has 0 unspecified atom stereocenters. The van der Waals surface area contributed by atoms with Crippen LogP contribution in [0.2, 0.25) is 0 Å². The zero-order chi connectivity index (χ0) is 8.48. The standard InChI is InChI=1S/C7H4F3O/c8-6-5(2-1-3-11)4-7(6,9)10/h1-2H,4H2. The second-order valence-electron chi connectivity index (χ2n) is 2.17. The Balaban J connectivity index is 2.73. The molecule has 59 valence electrons. The molecule has 4 heteroatoms. The van der Waals surface area contributed by atoms with E-state index < -0.39 is 18.2 Å². The minimum Gasteiger partial charge on any atom is -0.286 e. The molecule has 0 aliphatic heterocycles. The first-order valence-electron chi connectivity index (χ1n) is 2.89. The van der Waals surface area contributed by atoms with E-state index in [0.29, 0.717) is 0 Å². The number of allylic oxidation sites excluding steroid dienone is 4. The Kier molecular flexibility index (Phi) is 1.85. The highest BCUT2D eigenvalue weighted by atomic mass is 19.3. The lowest BCUT2D eigenvalue weighted by Gasteiger charge is -2.25. The van der Waals surface area contributed by atoms with Gasteiger partial charge in [0.15, 0.2) is 5.83 Å². The molecule has 0 heterocycles. The van der Waals surface area contributed by atoms with Crippen molar-refractivity contribution >= 4 is 6.29 Å². The van der Waals surface area contributed by atoms with Gasteiger partial charge in [-0.1, -0.05) is 6.08 Å². The van der Waals surface area contributed by atoms with Crippen LogP contribution in [0, 0.1) is 0 Å². The molecular formula is C7H4F3O. The van der Waals surface area contributed by atoms with Gasteiger partial charge in [0.25, 0.3) is 0 Å². The molecule has 0 aromatic carbocycles. The zero-order valence-corrected chi connectivity index (χ0v) is 5.40. The molecule has 0 atom stereocenters. The van der Waals surface area contributed by atoms with Crippen LogP contribution in [-0.4, -0.2) is 12.2 Å². The number of rotatable bonds is 2. The van der Waals surface area contributed by atoms with E-state index >= 15 is 0 Å². The van der Waals surface area contributed by atoms with Crippen LogP contribution in [0.15, 0.2) is 23.6 Å². The lowest BCUT2D eigenvalue weighted by molar-refractivity contribution is -0.00711. The van der Waals surface area contributed by atoms with Gasteiger partial charge in [0, 0.05) is 6.42 Å². The molecule has 0 N–H and O–H groups in total. The van der Waals surface area contributed by atoms with Crippen molar-refractivity contribution in [1.82, 2.24) is 0 Å². The molecule has 1 rings (SSSR count). The van der Waals surface area contributed by atoms with Crippen molar-refractivity contribution in [3.8, 4) is 0 Å². The summed E-state index contributed by atoms with van der Waals surface area (Å²) in [6, 6.07) is 0. The Morgan fingerprint density at radius 3 is 2.55 bits per heavy atom. The summed E-state index contributed by atoms with van der Waals surface area (Å²) in [6.07, 6.45) is 2.58. The second-order valence-corrected chi connectivity index (χ2v) is 2.17. The highest BCUT2D eigenvalue weighted by Gasteiger charge is 2.46. The molecule has 0 fully saturated rings. The first kappa shape index (κ1) is 8.04. The minimum atomic E-state index is -3.32. The van der Waals surface area contributed by atoms with Crippen LogP contribution in [-0.2, 0) is 4.79 Å². The SMILES string of the molecule is O=[C]C=CC1=C(F)C(F)(F)C1. The molecule has 0 saturated heterocycles. The van der Waals surface area contributed by atoms with Crippen LogP contribution in [0.5, 0.6) is 0 Å². The normalized spacial score (nSPS) is 22.1. The topological polar surface area (TPSA) is 17.1 Å². The summed E-state index contributed by atoms with van der Waals surface area (Å²) in [4.78, 5) is 9.57. The van der Waals surface area contributed by atoms with Gasteiger partial charge < -0.3 is 0 Å². The maximum absolute atomic E-state index is 12.2. The van der Waals surface area contributed by atoms with E-state index in [9.17, 15) is 18.0 Å². The lowest BCUT2D eigenvalue weighted by Crippen LogP contribution is -2.28. The van der Waals surface area contributed by atoms with Gasteiger partial charge in [0.05, 0.1) is 0 Å². The van der Waals surface area contributed by atoms with Crippen LogP contribution < -0.4 is 0 Å². The fraction of sp³-hybridized carbons (Fsp3) is 0.286. The second kappa shape index (κ2) is 2.53. The van der Waals surface area contributed by atoms with Crippen LogP contribution >= 0.6 is 0 Å². The molecule has 1 aliphatic carbocycles. The first-order valence-corrected chi connectivity index (χ1v) is 2.89. The Bertz CT molecular complexity index is 240. The number of hydrogen-bond donors (Lipinski definition) is 0. The number of hydrogen-bond acceptors (Lipinski definition) is 1. The number of alkyl halides is 2. The van der Waals surface area contributed by atoms with E-state index in [-0.39, 0.29) is 5.57 Å². The minimum absolute atomic E-state index is 0.127. The summed E-state index contributed by atoms with van der Waals surface area (Å²) in [5.74, 6) is -4.76. The van der Waals surface area contributed by atoms with E-state index in [4.69, 9.17) is 0 Å². The van der Waals surface area contributed by atoms with Crippen molar-refractivity contribution in [2.75, 3.05) is 0 Å². The molecule has 0 aromatic rings. The highest BCUT2D eigenvalue weighted by molar-refractivity contribution is 5.67. The summed E-state index contributed by atoms with van der Waals surface area (Å²) in [6.45, 7) is 0. The van der Waals surface area contributed by atoms with E-state index in [1.54, 1.807) is 0 Å². The van der Waals surface area contributed by atoms with Gasteiger partial charge in [0.1, 0.15) is 0 Å². The molecule has 0 amide bonds. The van der Waals surface area contributed by atoms with Crippen LogP contribution in [0.25, 0.3) is 0 Å². The average molecular weight is 161 g/mol.